The van der Waals surface area contributed by atoms with Crippen molar-refractivity contribution in [3.63, 3.8) is 0 Å². The van der Waals surface area contributed by atoms with E-state index < -0.39 is 0 Å². The van der Waals surface area contributed by atoms with Gasteiger partial charge in [-0.2, -0.15) is 16.9 Å². The Kier molecular flexibility index (Phi) is 4.07. The van der Waals surface area contributed by atoms with Crippen molar-refractivity contribution in [3.05, 3.63) is 30.0 Å². The zero-order valence-corrected chi connectivity index (χ0v) is 11.2. The van der Waals surface area contributed by atoms with Crippen molar-refractivity contribution in [2.24, 2.45) is 12.8 Å². The highest BCUT2D eigenvalue weighted by Crippen LogP contribution is 2.24. The predicted molar refractivity (Wildman–Crippen MR) is 75.1 cm³/mol. The minimum absolute atomic E-state index is 0.598. The first-order valence-electron chi connectivity index (χ1n) is 5.94. The maximum Gasteiger partial charge on any atom is 0.0802 e. The van der Waals surface area contributed by atoms with Gasteiger partial charge in [0.2, 0.25) is 0 Å². The van der Waals surface area contributed by atoms with Gasteiger partial charge in [-0.15, -0.1) is 0 Å². The molecule has 0 bridgehead atoms. The molecule has 0 aliphatic heterocycles. The fraction of sp³-hybridized carbons (Fsp3) is 0.462. The third-order valence-corrected chi connectivity index (χ3v) is 4.16. The number of hydrogen-bond acceptors (Lipinski definition) is 3. The second-order valence-corrected chi connectivity index (χ2v) is 5.71. The van der Waals surface area contributed by atoms with Crippen LogP contribution in [-0.2, 0) is 12.8 Å². The van der Waals surface area contributed by atoms with E-state index in [0.29, 0.717) is 5.25 Å². The Labute approximate surface area is 106 Å². The molecule has 0 radical (unpaired) electrons. The summed E-state index contributed by atoms with van der Waals surface area (Å²) in [5.41, 5.74) is 7.94. The van der Waals surface area contributed by atoms with Crippen LogP contribution in [0.5, 0.6) is 0 Å². The van der Waals surface area contributed by atoms with Gasteiger partial charge in [0.15, 0.2) is 0 Å². The molecule has 3 nitrogen and oxygen atoms in total. The number of hydrogen-bond donors (Lipinski definition) is 1. The van der Waals surface area contributed by atoms with Crippen molar-refractivity contribution in [1.29, 1.82) is 0 Å². The third-order valence-electron chi connectivity index (χ3n) is 2.91. The van der Waals surface area contributed by atoms with Crippen LogP contribution in [0.2, 0.25) is 0 Å². The van der Waals surface area contributed by atoms with Crippen LogP contribution in [0.25, 0.3) is 10.9 Å². The van der Waals surface area contributed by atoms with Crippen molar-refractivity contribution in [3.8, 4) is 0 Å². The molecule has 0 aliphatic rings. The third kappa shape index (κ3) is 2.82. The summed E-state index contributed by atoms with van der Waals surface area (Å²) in [6.07, 6.45) is 1.06. The molecule has 1 aromatic carbocycles. The Balaban J connectivity index is 2.13. The number of benzene rings is 1. The van der Waals surface area contributed by atoms with E-state index >= 15 is 0 Å². The molecule has 2 N–H and O–H groups in total. The van der Waals surface area contributed by atoms with Gasteiger partial charge in [0.25, 0.3) is 0 Å². The molecule has 2 aromatic rings. The number of aryl methyl sites for hydroxylation is 1. The fourth-order valence-corrected chi connectivity index (χ4v) is 2.89. The predicted octanol–water partition coefficient (Wildman–Crippen LogP) is 2.54. The summed E-state index contributed by atoms with van der Waals surface area (Å²) in [6.45, 7) is 2.99. The van der Waals surface area contributed by atoms with Gasteiger partial charge < -0.3 is 5.73 Å². The molecule has 1 aromatic heterocycles. The summed E-state index contributed by atoms with van der Waals surface area (Å²) < 4.78 is 1.96. The molecular weight excluding hydrogens is 230 g/mol. The van der Waals surface area contributed by atoms with Crippen molar-refractivity contribution in [2.45, 2.75) is 24.3 Å². The molecule has 0 spiro atoms. The van der Waals surface area contributed by atoms with Crippen LogP contribution in [0.15, 0.2) is 24.3 Å². The van der Waals surface area contributed by atoms with Gasteiger partial charge in [0.1, 0.15) is 0 Å². The lowest BCUT2D eigenvalue weighted by Gasteiger charge is -2.07. The zero-order chi connectivity index (χ0) is 12.3. The monoisotopic (exact) mass is 249 g/mol. The number of aromatic nitrogens is 2. The summed E-state index contributed by atoms with van der Waals surface area (Å²) in [4.78, 5) is 0. The molecule has 1 atom stereocenters. The summed E-state index contributed by atoms with van der Waals surface area (Å²) >= 11 is 1.93. The smallest absolute Gasteiger partial charge is 0.0802 e. The highest BCUT2D eigenvalue weighted by atomic mass is 32.2. The number of rotatable bonds is 5. The lowest BCUT2D eigenvalue weighted by Crippen LogP contribution is -2.07. The van der Waals surface area contributed by atoms with E-state index in [2.05, 4.69) is 36.3 Å². The van der Waals surface area contributed by atoms with Gasteiger partial charge in [0.05, 0.1) is 11.2 Å². The average Bonchev–Trinajstić information content (AvgIpc) is 2.65. The molecule has 0 fully saturated rings. The summed E-state index contributed by atoms with van der Waals surface area (Å²) in [5, 5.41) is 6.45. The molecule has 2 rings (SSSR count). The van der Waals surface area contributed by atoms with Crippen LogP contribution in [0, 0.1) is 0 Å². The number of nitrogens with two attached hydrogens (primary N) is 1. The molecule has 0 aliphatic carbocycles. The summed E-state index contributed by atoms with van der Waals surface area (Å²) in [7, 11) is 2.00. The van der Waals surface area contributed by atoms with Crippen LogP contribution < -0.4 is 5.73 Å². The Morgan fingerprint density at radius 3 is 2.94 bits per heavy atom. The first kappa shape index (κ1) is 12.5. The Hall–Kier alpha value is -1.00. The van der Waals surface area contributed by atoms with Crippen LogP contribution in [-0.4, -0.2) is 21.6 Å². The SMILES string of the molecule is CC(CCN)SCc1nn(C)c2ccccc12. The van der Waals surface area contributed by atoms with E-state index in [4.69, 9.17) is 5.73 Å². The Morgan fingerprint density at radius 2 is 2.18 bits per heavy atom. The quantitative estimate of drug-likeness (QED) is 0.885. The molecule has 1 unspecified atom stereocenters. The molecular formula is C13H19N3S. The summed E-state index contributed by atoms with van der Waals surface area (Å²) in [6, 6.07) is 8.38. The molecule has 1 heterocycles. The molecule has 0 saturated carbocycles. The Morgan fingerprint density at radius 1 is 1.41 bits per heavy atom. The minimum Gasteiger partial charge on any atom is -0.330 e. The molecule has 0 amide bonds. The standard InChI is InChI=1S/C13H19N3S/c1-10(7-8-14)17-9-12-11-5-3-4-6-13(11)16(2)15-12/h3-6,10H,7-9,14H2,1-2H3. The first-order chi connectivity index (χ1) is 8.22. The van der Waals surface area contributed by atoms with E-state index in [1.165, 1.54) is 16.6 Å². The number of nitrogens with zero attached hydrogens (tertiary/aromatic N) is 2. The van der Waals surface area contributed by atoms with Crippen LogP contribution >= 0.6 is 11.8 Å². The van der Waals surface area contributed by atoms with Gasteiger partial charge in [-0.3, -0.25) is 4.68 Å². The maximum atomic E-state index is 5.56. The maximum absolute atomic E-state index is 5.56. The van der Waals surface area contributed by atoms with Crippen LogP contribution in [0.4, 0.5) is 0 Å². The number of fused-ring (bicyclic) bond motifs is 1. The largest absolute Gasteiger partial charge is 0.330 e. The van der Waals surface area contributed by atoms with Crippen LogP contribution in [0.3, 0.4) is 0 Å². The molecule has 92 valence electrons. The van der Waals surface area contributed by atoms with Gasteiger partial charge in [-0.25, -0.2) is 0 Å². The molecule has 4 heteroatoms. The normalized spacial score (nSPS) is 13.1. The van der Waals surface area contributed by atoms with Gasteiger partial charge in [0, 0.05) is 23.4 Å². The molecule has 17 heavy (non-hydrogen) atoms. The Bertz CT molecular complexity index is 492. The first-order valence-corrected chi connectivity index (χ1v) is 6.99. The average molecular weight is 249 g/mol. The van der Waals surface area contributed by atoms with E-state index in [1.807, 2.05) is 23.5 Å². The van der Waals surface area contributed by atoms with E-state index in [0.717, 1.165) is 18.7 Å². The summed E-state index contributed by atoms with van der Waals surface area (Å²) in [5.74, 6) is 0.961. The van der Waals surface area contributed by atoms with Gasteiger partial charge in [-0.05, 0) is 19.0 Å². The highest BCUT2D eigenvalue weighted by molar-refractivity contribution is 7.99. The fourth-order valence-electron chi connectivity index (χ4n) is 1.93. The molecule has 0 saturated heterocycles. The second kappa shape index (κ2) is 5.56. The van der Waals surface area contributed by atoms with Crippen molar-refractivity contribution >= 4 is 22.7 Å². The minimum atomic E-state index is 0.598. The highest BCUT2D eigenvalue weighted by Gasteiger charge is 2.09. The van der Waals surface area contributed by atoms with Crippen molar-refractivity contribution in [1.82, 2.24) is 9.78 Å². The number of thioether (sulfide) groups is 1. The van der Waals surface area contributed by atoms with Crippen LogP contribution in [0.1, 0.15) is 19.0 Å². The van der Waals surface area contributed by atoms with Crippen molar-refractivity contribution < 1.29 is 0 Å². The van der Waals surface area contributed by atoms with E-state index in [-0.39, 0.29) is 0 Å². The van der Waals surface area contributed by atoms with Crippen molar-refractivity contribution in [2.75, 3.05) is 6.54 Å². The lowest BCUT2D eigenvalue weighted by molar-refractivity contribution is 0.779. The van der Waals surface area contributed by atoms with Gasteiger partial charge in [-0.1, -0.05) is 25.1 Å². The number of para-hydroxylation sites is 1. The zero-order valence-electron chi connectivity index (χ0n) is 10.4. The van der Waals surface area contributed by atoms with E-state index in [1.54, 1.807) is 0 Å². The lowest BCUT2D eigenvalue weighted by atomic mass is 10.2. The topological polar surface area (TPSA) is 43.8 Å². The van der Waals surface area contributed by atoms with E-state index in [9.17, 15) is 0 Å². The van der Waals surface area contributed by atoms with Gasteiger partial charge >= 0.3 is 0 Å². The second-order valence-electron chi connectivity index (χ2n) is 4.29.